The van der Waals surface area contributed by atoms with Crippen molar-refractivity contribution < 1.29 is 14.3 Å². The Morgan fingerprint density at radius 3 is 2.84 bits per heavy atom. The number of carbonyl (C=O) groups is 2. The number of nitrogens with one attached hydrogen (secondary N) is 2. The monoisotopic (exact) mass is 262 g/mol. The van der Waals surface area contributed by atoms with E-state index in [0.717, 1.165) is 24.9 Å². The van der Waals surface area contributed by atoms with Gasteiger partial charge >= 0.3 is 5.97 Å². The predicted octanol–water partition coefficient (Wildman–Crippen LogP) is 1.47. The van der Waals surface area contributed by atoms with Crippen LogP contribution in [-0.2, 0) is 9.53 Å². The number of aryl methyl sites for hydroxylation is 1. The summed E-state index contributed by atoms with van der Waals surface area (Å²) >= 11 is 0. The van der Waals surface area contributed by atoms with Gasteiger partial charge in [0, 0.05) is 0 Å². The summed E-state index contributed by atoms with van der Waals surface area (Å²) in [5.41, 5.74) is 1.82. The second-order valence-corrected chi connectivity index (χ2v) is 4.68. The smallest absolute Gasteiger partial charge is 0.339 e. The SMILES string of the molecule is COC(=O)c1cc(C)ccc1NC(=O)C1CCCN1. The number of amides is 1. The lowest BCUT2D eigenvalue weighted by molar-refractivity contribution is -0.117. The Morgan fingerprint density at radius 2 is 2.21 bits per heavy atom. The van der Waals surface area contributed by atoms with Crippen molar-refractivity contribution in [2.45, 2.75) is 25.8 Å². The third-order valence-corrected chi connectivity index (χ3v) is 3.22. The minimum absolute atomic E-state index is 0.105. The minimum Gasteiger partial charge on any atom is -0.465 e. The van der Waals surface area contributed by atoms with Gasteiger partial charge in [0.2, 0.25) is 5.91 Å². The van der Waals surface area contributed by atoms with Gasteiger partial charge in [0.25, 0.3) is 0 Å². The largest absolute Gasteiger partial charge is 0.465 e. The number of methoxy groups -OCH3 is 1. The van der Waals surface area contributed by atoms with E-state index < -0.39 is 5.97 Å². The molecule has 2 rings (SSSR count). The summed E-state index contributed by atoms with van der Waals surface area (Å²) in [6.45, 7) is 2.74. The molecule has 1 aliphatic heterocycles. The van der Waals surface area contributed by atoms with E-state index in [1.54, 1.807) is 12.1 Å². The summed E-state index contributed by atoms with van der Waals surface area (Å²) in [6, 6.07) is 5.12. The molecule has 0 saturated carbocycles. The van der Waals surface area contributed by atoms with Crippen molar-refractivity contribution in [3.05, 3.63) is 29.3 Å². The minimum atomic E-state index is -0.446. The molecule has 1 fully saturated rings. The van der Waals surface area contributed by atoms with E-state index in [1.165, 1.54) is 7.11 Å². The molecule has 1 unspecified atom stereocenters. The average Bonchev–Trinajstić information content (AvgIpc) is 2.94. The fraction of sp³-hybridized carbons (Fsp3) is 0.429. The second kappa shape index (κ2) is 5.84. The summed E-state index contributed by atoms with van der Waals surface area (Å²) < 4.78 is 4.73. The van der Waals surface area contributed by atoms with Crippen molar-refractivity contribution in [1.29, 1.82) is 0 Å². The maximum atomic E-state index is 12.0. The van der Waals surface area contributed by atoms with Crippen LogP contribution < -0.4 is 10.6 Å². The number of esters is 1. The highest BCUT2D eigenvalue weighted by Gasteiger charge is 2.23. The molecule has 0 spiro atoms. The molecule has 2 N–H and O–H groups in total. The first-order valence-corrected chi connectivity index (χ1v) is 6.35. The Hall–Kier alpha value is -1.88. The van der Waals surface area contributed by atoms with Gasteiger partial charge in [-0.25, -0.2) is 4.79 Å². The van der Waals surface area contributed by atoms with E-state index in [2.05, 4.69) is 10.6 Å². The number of hydrogen-bond acceptors (Lipinski definition) is 4. The first-order chi connectivity index (χ1) is 9.11. The third-order valence-electron chi connectivity index (χ3n) is 3.22. The molecule has 0 bridgehead atoms. The third kappa shape index (κ3) is 3.12. The molecular weight excluding hydrogens is 244 g/mol. The molecule has 1 aliphatic rings. The zero-order valence-corrected chi connectivity index (χ0v) is 11.2. The standard InChI is InChI=1S/C14H18N2O3/c1-9-5-6-11(10(8-9)14(18)19-2)16-13(17)12-4-3-7-15-12/h5-6,8,12,15H,3-4,7H2,1-2H3,(H,16,17). The molecule has 1 atom stereocenters. The predicted molar refractivity (Wildman–Crippen MR) is 72.2 cm³/mol. The Bertz CT molecular complexity index is 493. The van der Waals surface area contributed by atoms with Crippen molar-refractivity contribution in [1.82, 2.24) is 5.32 Å². The van der Waals surface area contributed by atoms with Gasteiger partial charge in [-0.05, 0) is 38.4 Å². The van der Waals surface area contributed by atoms with Gasteiger partial charge < -0.3 is 15.4 Å². The van der Waals surface area contributed by atoms with Crippen LogP contribution in [0.15, 0.2) is 18.2 Å². The molecular formula is C14H18N2O3. The van der Waals surface area contributed by atoms with Crippen LogP contribution in [0, 0.1) is 6.92 Å². The lowest BCUT2D eigenvalue weighted by atomic mass is 10.1. The van der Waals surface area contributed by atoms with Gasteiger partial charge in [0.15, 0.2) is 0 Å². The maximum absolute atomic E-state index is 12.0. The quantitative estimate of drug-likeness (QED) is 0.810. The number of anilines is 1. The molecule has 19 heavy (non-hydrogen) atoms. The second-order valence-electron chi connectivity index (χ2n) is 4.68. The van der Waals surface area contributed by atoms with E-state index >= 15 is 0 Å². The van der Waals surface area contributed by atoms with Crippen LogP contribution in [0.4, 0.5) is 5.69 Å². The highest BCUT2D eigenvalue weighted by atomic mass is 16.5. The topological polar surface area (TPSA) is 67.4 Å². The lowest BCUT2D eigenvalue weighted by Crippen LogP contribution is -2.35. The van der Waals surface area contributed by atoms with Crippen molar-refractivity contribution in [3.8, 4) is 0 Å². The first kappa shape index (κ1) is 13.5. The molecule has 1 amide bonds. The molecule has 102 valence electrons. The van der Waals surface area contributed by atoms with E-state index in [1.807, 2.05) is 13.0 Å². The Balaban J connectivity index is 2.19. The molecule has 1 saturated heterocycles. The van der Waals surface area contributed by atoms with Crippen molar-refractivity contribution >= 4 is 17.6 Å². The molecule has 1 heterocycles. The number of benzene rings is 1. The average molecular weight is 262 g/mol. The van der Waals surface area contributed by atoms with Gasteiger partial charge in [-0.3, -0.25) is 4.79 Å². The van der Waals surface area contributed by atoms with E-state index in [-0.39, 0.29) is 11.9 Å². The highest BCUT2D eigenvalue weighted by molar-refractivity contribution is 6.02. The van der Waals surface area contributed by atoms with Crippen LogP contribution in [0.3, 0.4) is 0 Å². The molecule has 1 aromatic rings. The molecule has 0 radical (unpaired) electrons. The van der Waals surface area contributed by atoms with E-state index in [9.17, 15) is 9.59 Å². The van der Waals surface area contributed by atoms with Gasteiger partial charge in [0.05, 0.1) is 24.4 Å². The van der Waals surface area contributed by atoms with Crippen LogP contribution in [0.1, 0.15) is 28.8 Å². The highest BCUT2D eigenvalue weighted by Crippen LogP contribution is 2.19. The lowest BCUT2D eigenvalue weighted by Gasteiger charge is -2.14. The molecule has 1 aromatic carbocycles. The first-order valence-electron chi connectivity index (χ1n) is 6.35. The van der Waals surface area contributed by atoms with Crippen LogP contribution in [-0.4, -0.2) is 31.6 Å². The van der Waals surface area contributed by atoms with Crippen LogP contribution >= 0.6 is 0 Å². The van der Waals surface area contributed by atoms with Crippen LogP contribution in [0.5, 0.6) is 0 Å². The van der Waals surface area contributed by atoms with Crippen LogP contribution in [0.2, 0.25) is 0 Å². The number of hydrogen-bond donors (Lipinski definition) is 2. The summed E-state index contributed by atoms with van der Waals surface area (Å²) in [4.78, 5) is 23.7. The number of carbonyl (C=O) groups excluding carboxylic acids is 2. The van der Waals surface area contributed by atoms with Crippen molar-refractivity contribution in [3.63, 3.8) is 0 Å². The fourth-order valence-corrected chi connectivity index (χ4v) is 2.17. The number of ether oxygens (including phenoxy) is 1. The maximum Gasteiger partial charge on any atom is 0.339 e. The summed E-state index contributed by atoms with van der Waals surface area (Å²) in [5.74, 6) is -0.551. The van der Waals surface area contributed by atoms with E-state index in [0.29, 0.717) is 11.3 Å². The molecule has 5 nitrogen and oxygen atoms in total. The normalized spacial score (nSPS) is 18.1. The van der Waals surface area contributed by atoms with Gasteiger partial charge in [-0.2, -0.15) is 0 Å². The Labute approximate surface area is 112 Å². The van der Waals surface area contributed by atoms with Gasteiger partial charge in [-0.1, -0.05) is 11.6 Å². The zero-order chi connectivity index (χ0) is 13.8. The van der Waals surface area contributed by atoms with Crippen molar-refractivity contribution in [2.24, 2.45) is 0 Å². The summed E-state index contributed by atoms with van der Waals surface area (Å²) in [7, 11) is 1.33. The molecule has 0 aliphatic carbocycles. The van der Waals surface area contributed by atoms with Gasteiger partial charge in [-0.15, -0.1) is 0 Å². The fourth-order valence-electron chi connectivity index (χ4n) is 2.17. The van der Waals surface area contributed by atoms with Crippen LogP contribution in [0.25, 0.3) is 0 Å². The summed E-state index contributed by atoms with van der Waals surface area (Å²) in [6.07, 6.45) is 1.82. The van der Waals surface area contributed by atoms with E-state index in [4.69, 9.17) is 4.74 Å². The Kier molecular flexibility index (Phi) is 4.16. The summed E-state index contributed by atoms with van der Waals surface area (Å²) in [5, 5.41) is 5.92. The van der Waals surface area contributed by atoms with Crippen molar-refractivity contribution in [2.75, 3.05) is 19.0 Å². The zero-order valence-electron chi connectivity index (χ0n) is 11.2. The Morgan fingerprint density at radius 1 is 1.42 bits per heavy atom. The molecule has 0 aromatic heterocycles. The molecule has 5 heteroatoms. The number of rotatable bonds is 3. The van der Waals surface area contributed by atoms with Gasteiger partial charge in [0.1, 0.15) is 0 Å².